The minimum Gasteiger partial charge on any atom is -0.726 e. The molecule has 1 aliphatic rings. The van der Waals surface area contributed by atoms with Crippen molar-refractivity contribution >= 4 is 16.1 Å². The zero-order valence-electron chi connectivity index (χ0n) is 8.34. The second kappa shape index (κ2) is 5.22. The molecule has 0 amide bonds. The van der Waals surface area contributed by atoms with E-state index in [1.165, 1.54) is 24.2 Å². The fourth-order valence-corrected chi connectivity index (χ4v) is 1.34. The van der Waals surface area contributed by atoms with E-state index in [1.54, 1.807) is 0 Å². The molecular weight excluding hydrogens is 218 g/mol. The van der Waals surface area contributed by atoms with E-state index in [0.717, 1.165) is 7.11 Å². The molecule has 6 heteroatoms. The molecule has 2 rings (SSSR count). The molecule has 0 saturated carbocycles. The summed E-state index contributed by atoms with van der Waals surface area (Å²) in [5.74, 6) is 0. The van der Waals surface area contributed by atoms with Crippen LogP contribution in [-0.4, -0.2) is 26.6 Å². The van der Waals surface area contributed by atoms with Crippen LogP contribution in [-0.2, 0) is 21.0 Å². The monoisotopic (exact) mass is 231 g/mol. The van der Waals surface area contributed by atoms with E-state index in [-0.39, 0.29) is 0 Å². The van der Waals surface area contributed by atoms with Crippen LogP contribution in [0, 0.1) is 0 Å². The second-order valence-corrected chi connectivity index (χ2v) is 4.17. The van der Waals surface area contributed by atoms with Crippen molar-refractivity contribution in [3.05, 3.63) is 29.8 Å². The predicted octanol–water partition coefficient (Wildman–Crippen LogP) is -0.469. The van der Waals surface area contributed by atoms with E-state index in [0.29, 0.717) is 0 Å². The van der Waals surface area contributed by atoms with Gasteiger partial charge in [0.05, 0.1) is 13.7 Å². The number of para-hydroxylation sites is 1. The summed E-state index contributed by atoms with van der Waals surface area (Å²) in [4.78, 5) is 0. The molecule has 1 aromatic carbocycles. The summed E-state index contributed by atoms with van der Waals surface area (Å²) in [7, 11) is -3.60. The minimum atomic E-state index is -4.41. The highest BCUT2D eigenvalue weighted by atomic mass is 32.3. The maximum Gasteiger partial charge on any atom is 0.217 e. The van der Waals surface area contributed by atoms with Crippen molar-refractivity contribution in [2.45, 2.75) is 6.42 Å². The van der Waals surface area contributed by atoms with E-state index >= 15 is 0 Å². The Kier molecular flexibility index (Phi) is 4.22. The zero-order chi connectivity index (χ0) is 11.3. The maximum atomic E-state index is 9.22. The molecule has 0 aromatic heterocycles. The Morgan fingerprint density at radius 1 is 1.40 bits per heavy atom. The SMILES string of the molecule is COS(=O)(=O)[O-].c1ccc2c(c1)CC[NH2+]2. The van der Waals surface area contributed by atoms with Gasteiger partial charge in [-0.3, -0.25) is 4.18 Å². The first-order chi connectivity index (χ1) is 7.03. The highest BCUT2D eigenvalue weighted by Crippen LogP contribution is 2.12. The second-order valence-electron chi connectivity index (χ2n) is 3.02. The van der Waals surface area contributed by atoms with E-state index in [2.05, 4.69) is 33.8 Å². The van der Waals surface area contributed by atoms with Crippen LogP contribution in [0.1, 0.15) is 5.56 Å². The summed E-state index contributed by atoms with van der Waals surface area (Å²) in [5, 5.41) is 2.30. The van der Waals surface area contributed by atoms with Gasteiger partial charge in [0.2, 0.25) is 10.4 Å². The van der Waals surface area contributed by atoms with Gasteiger partial charge in [-0.25, -0.2) is 8.42 Å². The van der Waals surface area contributed by atoms with Crippen molar-refractivity contribution in [3.8, 4) is 0 Å². The quantitative estimate of drug-likeness (QED) is 0.402. The zero-order valence-corrected chi connectivity index (χ0v) is 9.16. The van der Waals surface area contributed by atoms with Gasteiger partial charge < -0.3 is 9.87 Å². The number of fused-ring (bicyclic) bond motifs is 1. The highest BCUT2D eigenvalue weighted by Gasteiger charge is 2.11. The molecule has 0 bridgehead atoms. The number of rotatable bonds is 1. The third-order valence-corrected chi connectivity index (χ3v) is 2.45. The fourth-order valence-electron chi connectivity index (χ4n) is 1.34. The van der Waals surface area contributed by atoms with Crippen LogP contribution < -0.4 is 5.32 Å². The minimum absolute atomic E-state index is 0.808. The normalized spacial score (nSPS) is 14.0. The van der Waals surface area contributed by atoms with E-state index in [1.807, 2.05) is 0 Å². The third kappa shape index (κ3) is 4.39. The smallest absolute Gasteiger partial charge is 0.217 e. The van der Waals surface area contributed by atoms with Crippen LogP contribution >= 0.6 is 0 Å². The van der Waals surface area contributed by atoms with Crippen LogP contribution in [0.3, 0.4) is 0 Å². The number of benzene rings is 1. The molecule has 0 fully saturated rings. The molecule has 0 spiro atoms. The predicted molar refractivity (Wildman–Crippen MR) is 53.3 cm³/mol. The topological polar surface area (TPSA) is 83.0 Å². The standard InChI is InChI=1S/C8H9N.CH4O4S/c1-2-4-8-7(3-1)5-6-9-8;1-5-6(2,3)4/h1-4,9H,5-6H2;1H3,(H,2,3,4). The van der Waals surface area contributed by atoms with Crippen molar-refractivity contribution in [1.29, 1.82) is 0 Å². The van der Waals surface area contributed by atoms with Crippen molar-refractivity contribution in [1.82, 2.24) is 0 Å². The highest BCUT2D eigenvalue weighted by molar-refractivity contribution is 7.80. The number of nitrogens with two attached hydrogens (primary N) is 1. The van der Waals surface area contributed by atoms with Crippen molar-refractivity contribution in [3.63, 3.8) is 0 Å². The average Bonchev–Trinajstić information content (AvgIpc) is 2.65. The van der Waals surface area contributed by atoms with Gasteiger partial charge in [0, 0.05) is 12.0 Å². The molecule has 1 aliphatic heterocycles. The van der Waals surface area contributed by atoms with Crippen molar-refractivity contribution in [2.24, 2.45) is 0 Å². The van der Waals surface area contributed by atoms with E-state index in [4.69, 9.17) is 0 Å². The van der Waals surface area contributed by atoms with E-state index in [9.17, 15) is 13.0 Å². The van der Waals surface area contributed by atoms with Crippen LogP contribution in [0.4, 0.5) is 5.69 Å². The summed E-state index contributed by atoms with van der Waals surface area (Å²) in [5.41, 5.74) is 2.95. The average molecular weight is 231 g/mol. The lowest BCUT2D eigenvalue weighted by Gasteiger charge is -1.98. The Morgan fingerprint density at radius 3 is 2.53 bits per heavy atom. The van der Waals surface area contributed by atoms with Crippen molar-refractivity contribution < 1.29 is 22.5 Å². The molecule has 0 unspecified atom stereocenters. The molecule has 2 N–H and O–H groups in total. The van der Waals surface area contributed by atoms with Crippen LogP contribution in [0.5, 0.6) is 0 Å². The Balaban J connectivity index is 0.000000167. The van der Waals surface area contributed by atoms with Crippen molar-refractivity contribution in [2.75, 3.05) is 13.7 Å². The van der Waals surface area contributed by atoms with Gasteiger partial charge in [0.1, 0.15) is 5.69 Å². The lowest BCUT2D eigenvalue weighted by Crippen LogP contribution is -2.75. The molecule has 0 aliphatic carbocycles. The Hall–Kier alpha value is -0.950. The van der Waals surface area contributed by atoms with E-state index < -0.39 is 10.4 Å². The maximum absolute atomic E-state index is 9.22. The summed E-state index contributed by atoms with van der Waals surface area (Å²) in [6, 6.07) is 8.60. The Morgan fingerprint density at radius 2 is 2.00 bits per heavy atom. The van der Waals surface area contributed by atoms with Gasteiger partial charge in [-0.05, 0) is 6.07 Å². The number of quaternary nitrogens is 1. The van der Waals surface area contributed by atoms with Gasteiger partial charge in [-0.15, -0.1) is 0 Å². The molecule has 0 atom stereocenters. The van der Waals surface area contributed by atoms with Crippen LogP contribution in [0.2, 0.25) is 0 Å². The Labute approximate surface area is 89.0 Å². The summed E-state index contributed by atoms with van der Waals surface area (Å²) >= 11 is 0. The number of hydrogen-bond donors (Lipinski definition) is 1. The summed E-state index contributed by atoms with van der Waals surface area (Å²) in [6.45, 7) is 1.24. The first kappa shape index (κ1) is 12.1. The molecule has 0 saturated heterocycles. The summed E-state index contributed by atoms with van der Waals surface area (Å²) in [6.07, 6.45) is 1.25. The van der Waals surface area contributed by atoms with Crippen LogP contribution in [0.25, 0.3) is 0 Å². The first-order valence-electron chi connectivity index (χ1n) is 4.45. The Bertz CT molecular complexity index is 393. The lowest BCUT2D eigenvalue weighted by molar-refractivity contribution is -0.561. The van der Waals surface area contributed by atoms with Crippen LogP contribution in [0.15, 0.2) is 24.3 Å². The largest absolute Gasteiger partial charge is 0.726 e. The molecular formula is C9H13NO4S. The van der Waals surface area contributed by atoms with Gasteiger partial charge in [-0.1, -0.05) is 18.2 Å². The lowest BCUT2D eigenvalue weighted by atomic mass is 10.2. The molecule has 1 aromatic rings. The third-order valence-electron chi connectivity index (χ3n) is 2.04. The van der Waals surface area contributed by atoms with Gasteiger partial charge in [0.25, 0.3) is 0 Å². The summed E-state index contributed by atoms with van der Waals surface area (Å²) < 4.78 is 31.0. The fraction of sp³-hybridized carbons (Fsp3) is 0.333. The molecule has 0 radical (unpaired) electrons. The van der Waals surface area contributed by atoms with Gasteiger partial charge in [-0.2, -0.15) is 0 Å². The van der Waals surface area contributed by atoms with Gasteiger partial charge in [0.15, 0.2) is 0 Å². The number of hydrogen-bond acceptors (Lipinski definition) is 4. The molecule has 84 valence electrons. The molecule has 1 heterocycles. The van der Waals surface area contributed by atoms with Gasteiger partial charge >= 0.3 is 0 Å². The molecule has 15 heavy (non-hydrogen) atoms. The first-order valence-corrected chi connectivity index (χ1v) is 5.79. The molecule has 5 nitrogen and oxygen atoms in total.